The number of hydrogen-bond donors (Lipinski definition) is 1. The van der Waals surface area contributed by atoms with Crippen molar-refractivity contribution in [1.82, 2.24) is 15.2 Å². The molecule has 0 spiro atoms. The predicted octanol–water partition coefficient (Wildman–Crippen LogP) is 3.85. The van der Waals surface area contributed by atoms with Gasteiger partial charge in [0, 0.05) is 34.3 Å². The minimum absolute atomic E-state index is 0.344. The molecule has 3 rings (SSSR count). The van der Waals surface area contributed by atoms with Crippen molar-refractivity contribution >= 4 is 41.8 Å². The summed E-state index contributed by atoms with van der Waals surface area (Å²) in [5, 5.41) is 3.19. The van der Waals surface area contributed by atoms with Crippen molar-refractivity contribution in [2.24, 2.45) is 10.9 Å². The monoisotopic (exact) mass is 420 g/mol. The van der Waals surface area contributed by atoms with E-state index in [0.29, 0.717) is 5.92 Å². The molecule has 0 aliphatic carbocycles. The highest BCUT2D eigenvalue weighted by Crippen LogP contribution is 2.33. The van der Waals surface area contributed by atoms with Crippen LogP contribution in [0.4, 0.5) is 5.69 Å². The maximum atomic E-state index is 10.1. The number of carbonyl (C=O) groups excluding carboxylic acids is 1. The van der Waals surface area contributed by atoms with E-state index in [1.54, 1.807) is 30.2 Å². The van der Waals surface area contributed by atoms with Gasteiger partial charge in [0.15, 0.2) is 0 Å². The molecule has 152 valence electrons. The number of thiazole rings is 1. The van der Waals surface area contributed by atoms with Gasteiger partial charge in [0.05, 0.1) is 18.3 Å². The van der Waals surface area contributed by atoms with E-state index in [0.717, 1.165) is 61.0 Å². The third-order valence-corrected chi connectivity index (χ3v) is 6.24. The zero-order chi connectivity index (χ0) is 20.2. The van der Waals surface area contributed by atoms with Crippen LogP contribution in [0.2, 0.25) is 0 Å². The number of aliphatic imine (C=N–C) groups is 1. The number of nitrogens with one attached hydrogen (secondary N) is 1. The first-order valence-electron chi connectivity index (χ1n) is 9.15. The number of thioether (sulfide) groups is 1. The van der Waals surface area contributed by atoms with Crippen molar-refractivity contribution in [2.45, 2.75) is 24.3 Å². The van der Waals surface area contributed by atoms with Gasteiger partial charge in [-0.3, -0.25) is 14.9 Å². The fraction of sp³-hybridized carbons (Fsp3) is 0.450. The minimum atomic E-state index is 0.344. The van der Waals surface area contributed by atoms with Gasteiger partial charge >= 0.3 is 0 Å². The maximum absolute atomic E-state index is 10.1. The van der Waals surface area contributed by atoms with Gasteiger partial charge in [0.2, 0.25) is 0 Å². The lowest BCUT2D eigenvalue weighted by Crippen LogP contribution is -2.28. The highest BCUT2D eigenvalue weighted by molar-refractivity contribution is 7.99. The lowest BCUT2D eigenvalue weighted by atomic mass is 10.0. The van der Waals surface area contributed by atoms with Crippen LogP contribution in [0.3, 0.4) is 0 Å². The van der Waals surface area contributed by atoms with Gasteiger partial charge in [0.25, 0.3) is 0 Å². The van der Waals surface area contributed by atoms with E-state index in [-0.39, 0.29) is 0 Å². The van der Waals surface area contributed by atoms with Crippen molar-refractivity contribution in [1.29, 1.82) is 0 Å². The minimum Gasteiger partial charge on any atom is -0.497 e. The van der Waals surface area contributed by atoms with E-state index in [4.69, 9.17) is 4.74 Å². The molecule has 0 radical (unpaired) electrons. The molecule has 1 N–H and O–H groups in total. The molecule has 1 fully saturated rings. The molecule has 0 saturated carbocycles. The molecule has 1 aromatic heterocycles. The summed E-state index contributed by atoms with van der Waals surface area (Å²) in [5.74, 6) is 2.05. The molecular weight excluding hydrogens is 392 g/mol. The zero-order valence-corrected chi connectivity index (χ0v) is 18.1. The van der Waals surface area contributed by atoms with Gasteiger partial charge in [-0.1, -0.05) is 0 Å². The molecule has 0 bridgehead atoms. The number of benzene rings is 1. The number of ether oxygens (including phenoxy) is 1. The Kier molecular flexibility index (Phi) is 10.2. The number of rotatable bonds is 8. The van der Waals surface area contributed by atoms with E-state index in [2.05, 4.69) is 34.0 Å². The van der Waals surface area contributed by atoms with Gasteiger partial charge in [-0.05, 0) is 57.9 Å². The molecule has 0 unspecified atom stereocenters. The molecule has 2 heterocycles. The van der Waals surface area contributed by atoms with Gasteiger partial charge < -0.3 is 14.8 Å². The second kappa shape index (κ2) is 12.7. The normalized spacial score (nSPS) is 14.2. The van der Waals surface area contributed by atoms with E-state index in [9.17, 15) is 4.79 Å². The lowest BCUT2D eigenvalue weighted by molar-refractivity contribution is -0.111. The maximum Gasteiger partial charge on any atom is 0.123 e. The largest absolute Gasteiger partial charge is 0.497 e. The first kappa shape index (κ1) is 22.5. The van der Waals surface area contributed by atoms with Crippen molar-refractivity contribution < 1.29 is 9.53 Å². The second-order valence-electron chi connectivity index (χ2n) is 6.47. The zero-order valence-electron chi connectivity index (χ0n) is 16.5. The van der Waals surface area contributed by atoms with Crippen LogP contribution in [0.15, 0.2) is 39.8 Å². The van der Waals surface area contributed by atoms with Gasteiger partial charge in [-0.25, -0.2) is 0 Å². The molecule has 28 heavy (non-hydrogen) atoms. The van der Waals surface area contributed by atoms with Crippen LogP contribution in [0.5, 0.6) is 5.75 Å². The SMILES string of the molecule is C=Nc1ccc(OC)cc1SCN(C)Cc1cncs1.O=CC1CCNCC1. The number of hydrogen-bond acceptors (Lipinski definition) is 8. The summed E-state index contributed by atoms with van der Waals surface area (Å²) in [6.07, 6.45) is 5.04. The number of aldehydes is 1. The third kappa shape index (κ3) is 7.71. The second-order valence-corrected chi connectivity index (χ2v) is 8.43. The smallest absolute Gasteiger partial charge is 0.123 e. The molecule has 1 aliphatic heterocycles. The Hall–Kier alpha value is -1.74. The molecule has 2 aromatic rings. The Labute approximate surface area is 175 Å². The number of nitrogens with zero attached hydrogens (tertiary/aromatic N) is 3. The summed E-state index contributed by atoms with van der Waals surface area (Å²) in [6.45, 7) is 6.55. The quantitative estimate of drug-likeness (QED) is 0.303. The van der Waals surface area contributed by atoms with Crippen molar-refractivity contribution in [3.05, 3.63) is 34.8 Å². The molecule has 1 aromatic carbocycles. The van der Waals surface area contributed by atoms with Crippen LogP contribution in [0, 0.1) is 5.92 Å². The summed E-state index contributed by atoms with van der Waals surface area (Å²) in [4.78, 5) is 22.9. The fourth-order valence-corrected chi connectivity index (χ4v) is 4.26. The van der Waals surface area contributed by atoms with Crippen molar-refractivity contribution in [3.63, 3.8) is 0 Å². The Morgan fingerprint density at radius 3 is 2.82 bits per heavy atom. The Bertz CT molecular complexity index is 719. The topological polar surface area (TPSA) is 66.8 Å². The van der Waals surface area contributed by atoms with Crippen LogP contribution in [0.1, 0.15) is 17.7 Å². The molecule has 0 atom stereocenters. The first-order valence-corrected chi connectivity index (χ1v) is 11.0. The van der Waals surface area contributed by atoms with E-state index in [1.807, 2.05) is 29.9 Å². The Morgan fingerprint density at radius 1 is 1.46 bits per heavy atom. The highest BCUT2D eigenvalue weighted by atomic mass is 32.2. The van der Waals surface area contributed by atoms with Gasteiger partial charge in [-0.15, -0.1) is 23.1 Å². The van der Waals surface area contributed by atoms with Crippen LogP contribution in [0.25, 0.3) is 0 Å². The van der Waals surface area contributed by atoms with Crippen LogP contribution < -0.4 is 10.1 Å². The first-order chi connectivity index (χ1) is 13.7. The molecule has 0 amide bonds. The van der Waals surface area contributed by atoms with E-state index < -0.39 is 0 Å². The van der Waals surface area contributed by atoms with E-state index in [1.165, 1.54) is 4.88 Å². The van der Waals surface area contributed by atoms with Crippen LogP contribution in [-0.2, 0) is 11.3 Å². The van der Waals surface area contributed by atoms with Gasteiger partial charge in [-0.2, -0.15) is 0 Å². The van der Waals surface area contributed by atoms with Crippen molar-refractivity contribution in [3.8, 4) is 5.75 Å². The molecule has 6 nitrogen and oxygen atoms in total. The molecule has 8 heteroatoms. The summed E-state index contributed by atoms with van der Waals surface area (Å²) < 4.78 is 5.25. The number of carbonyl (C=O) groups is 1. The summed E-state index contributed by atoms with van der Waals surface area (Å²) in [5.41, 5.74) is 2.75. The number of aromatic nitrogens is 1. The average molecular weight is 421 g/mol. The summed E-state index contributed by atoms with van der Waals surface area (Å²) >= 11 is 3.40. The Morgan fingerprint density at radius 2 is 2.25 bits per heavy atom. The lowest BCUT2D eigenvalue weighted by Gasteiger charge is -2.16. The van der Waals surface area contributed by atoms with Crippen LogP contribution >= 0.6 is 23.1 Å². The summed E-state index contributed by atoms with van der Waals surface area (Å²) in [7, 11) is 3.76. The standard InChI is InChI=1S/C14H17N3OS2.C6H11NO/c1-15-13-5-4-11(18-3)6-14(13)20-10-17(2)8-12-7-16-9-19-12;8-5-6-1-3-7-4-2-6/h4-7,9H,1,8,10H2,2-3H3;5-7H,1-4H2. The molecule has 1 saturated heterocycles. The highest BCUT2D eigenvalue weighted by Gasteiger charge is 2.10. The Balaban J connectivity index is 0.000000292. The van der Waals surface area contributed by atoms with Gasteiger partial charge in [0.1, 0.15) is 12.0 Å². The number of methoxy groups -OCH3 is 1. The predicted molar refractivity (Wildman–Crippen MR) is 118 cm³/mol. The van der Waals surface area contributed by atoms with Crippen LogP contribution in [-0.4, -0.2) is 56.0 Å². The average Bonchev–Trinajstić information content (AvgIpc) is 3.26. The molecular formula is C20H28N4O2S2. The van der Waals surface area contributed by atoms with E-state index >= 15 is 0 Å². The fourth-order valence-electron chi connectivity index (χ4n) is 2.66. The number of piperidine rings is 1. The summed E-state index contributed by atoms with van der Waals surface area (Å²) in [6, 6.07) is 5.82. The molecule has 1 aliphatic rings. The van der Waals surface area contributed by atoms with Crippen molar-refractivity contribution in [2.75, 3.05) is 33.1 Å². The third-order valence-electron chi connectivity index (χ3n) is 4.26.